The summed E-state index contributed by atoms with van der Waals surface area (Å²) in [6, 6.07) is 15.1. The van der Waals surface area contributed by atoms with Crippen LogP contribution in [0.2, 0.25) is 0 Å². The van der Waals surface area contributed by atoms with Crippen LogP contribution < -0.4 is 4.74 Å². The van der Waals surface area contributed by atoms with Crippen LogP contribution in [0.5, 0.6) is 5.75 Å². The Bertz CT molecular complexity index is 652. The van der Waals surface area contributed by atoms with Crippen LogP contribution in [0.15, 0.2) is 48.5 Å². The van der Waals surface area contributed by atoms with Crippen LogP contribution in [0.1, 0.15) is 34.3 Å². The molecule has 0 N–H and O–H groups in total. The summed E-state index contributed by atoms with van der Waals surface area (Å²) >= 11 is 0. The molecule has 1 aliphatic rings. The van der Waals surface area contributed by atoms with Crippen molar-refractivity contribution in [3.63, 3.8) is 0 Å². The normalized spacial score (nSPS) is 14.3. The van der Waals surface area contributed by atoms with Crippen molar-refractivity contribution in [1.82, 2.24) is 4.90 Å². The first-order chi connectivity index (χ1) is 10.8. The Balaban J connectivity index is 0.00000192. The number of ketones is 1. The molecule has 0 radical (unpaired) electrons. The topological polar surface area (TPSA) is 29.5 Å². The van der Waals surface area contributed by atoms with Crippen LogP contribution in [0.3, 0.4) is 0 Å². The Labute approximate surface area is 143 Å². The SMILES string of the molecule is COc1ccc(C(=O)c2ccccc2)cc1CN1CCCC1.Cl. The van der Waals surface area contributed by atoms with Gasteiger partial charge < -0.3 is 4.74 Å². The van der Waals surface area contributed by atoms with Crippen molar-refractivity contribution in [1.29, 1.82) is 0 Å². The fourth-order valence-corrected chi connectivity index (χ4v) is 2.98. The molecule has 2 aromatic rings. The van der Waals surface area contributed by atoms with Gasteiger partial charge in [-0.2, -0.15) is 0 Å². The Morgan fingerprint density at radius 1 is 1.04 bits per heavy atom. The van der Waals surface area contributed by atoms with Gasteiger partial charge in [0.05, 0.1) is 7.11 Å². The quantitative estimate of drug-likeness (QED) is 0.777. The van der Waals surface area contributed by atoms with Gasteiger partial charge in [0.2, 0.25) is 0 Å². The van der Waals surface area contributed by atoms with E-state index in [2.05, 4.69) is 4.90 Å². The van der Waals surface area contributed by atoms with Gasteiger partial charge in [-0.15, -0.1) is 12.4 Å². The molecular weight excluding hydrogens is 310 g/mol. The molecule has 0 atom stereocenters. The minimum Gasteiger partial charge on any atom is -0.496 e. The summed E-state index contributed by atoms with van der Waals surface area (Å²) in [7, 11) is 1.68. The van der Waals surface area contributed by atoms with Crippen LogP contribution >= 0.6 is 12.4 Å². The number of benzene rings is 2. The van der Waals surface area contributed by atoms with Crippen molar-refractivity contribution >= 4 is 18.2 Å². The van der Waals surface area contributed by atoms with Crippen molar-refractivity contribution in [3.05, 3.63) is 65.2 Å². The predicted molar refractivity (Wildman–Crippen MR) is 94.6 cm³/mol. The first-order valence-electron chi connectivity index (χ1n) is 7.77. The highest BCUT2D eigenvalue weighted by Crippen LogP contribution is 2.24. The molecule has 0 bridgehead atoms. The lowest BCUT2D eigenvalue weighted by Crippen LogP contribution is -2.19. The summed E-state index contributed by atoms with van der Waals surface area (Å²) in [5.41, 5.74) is 2.53. The number of carbonyl (C=O) groups is 1. The van der Waals surface area contributed by atoms with Crippen LogP contribution in [-0.2, 0) is 6.54 Å². The average Bonchev–Trinajstić information content (AvgIpc) is 3.08. The molecule has 1 heterocycles. The zero-order chi connectivity index (χ0) is 15.4. The summed E-state index contributed by atoms with van der Waals surface area (Å²) in [5, 5.41) is 0. The summed E-state index contributed by atoms with van der Waals surface area (Å²) < 4.78 is 5.46. The second-order valence-corrected chi connectivity index (χ2v) is 5.71. The van der Waals surface area contributed by atoms with Crippen LogP contribution in [-0.4, -0.2) is 30.9 Å². The van der Waals surface area contributed by atoms with Gasteiger partial charge in [-0.05, 0) is 44.1 Å². The van der Waals surface area contributed by atoms with Gasteiger partial charge in [0, 0.05) is 23.2 Å². The van der Waals surface area contributed by atoms with E-state index >= 15 is 0 Å². The molecule has 1 aliphatic heterocycles. The maximum atomic E-state index is 12.6. The number of hydrogen-bond acceptors (Lipinski definition) is 3. The molecule has 0 aromatic heterocycles. The van der Waals surface area contributed by atoms with Crippen molar-refractivity contribution < 1.29 is 9.53 Å². The molecule has 1 saturated heterocycles. The van der Waals surface area contributed by atoms with E-state index in [4.69, 9.17) is 4.74 Å². The highest BCUT2D eigenvalue weighted by Gasteiger charge is 2.16. The summed E-state index contributed by atoms with van der Waals surface area (Å²) in [5.74, 6) is 0.919. The molecule has 0 aliphatic carbocycles. The lowest BCUT2D eigenvalue weighted by Gasteiger charge is -2.17. The molecule has 23 heavy (non-hydrogen) atoms. The van der Waals surface area contributed by atoms with E-state index in [0.717, 1.165) is 42.1 Å². The van der Waals surface area contributed by atoms with Crippen molar-refractivity contribution in [3.8, 4) is 5.75 Å². The first-order valence-corrected chi connectivity index (χ1v) is 7.77. The van der Waals surface area contributed by atoms with Gasteiger partial charge in [-0.25, -0.2) is 0 Å². The highest BCUT2D eigenvalue weighted by atomic mass is 35.5. The molecule has 0 saturated carbocycles. The first kappa shape index (κ1) is 17.5. The van der Waals surface area contributed by atoms with E-state index in [-0.39, 0.29) is 18.2 Å². The number of ether oxygens (including phenoxy) is 1. The zero-order valence-electron chi connectivity index (χ0n) is 13.3. The second kappa shape index (κ2) is 8.14. The van der Waals surface area contributed by atoms with Gasteiger partial charge in [-0.3, -0.25) is 9.69 Å². The Morgan fingerprint density at radius 3 is 2.39 bits per heavy atom. The summed E-state index contributed by atoms with van der Waals surface area (Å²) in [4.78, 5) is 15.0. The van der Waals surface area contributed by atoms with Crippen LogP contribution in [0.4, 0.5) is 0 Å². The lowest BCUT2D eigenvalue weighted by molar-refractivity contribution is 0.103. The number of halogens is 1. The maximum Gasteiger partial charge on any atom is 0.193 e. The average molecular weight is 332 g/mol. The largest absolute Gasteiger partial charge is 0.496 e. The summed E-state index contributed by atoms with van der Waals surface area (Å²) in [6.45, 7) is 3.10. The van der Waals surface area contributed by atoms with E-state index < -0.39 is 0 Å². The van der Waals surface area contributed by atoms with Gasteiger partial charge in [0.25, 0.3) is 0 Å². The third-order valence-corrected chi connectivity index (χ3v) is 4.17. The lowest BCUT2D eigenvalue weighted by atomic mass is 10.0. The molecule has 0 amide bonds. The van der Waals surface area contributed by atoms with Gasteiger partial charge in [0.1, 0.15) is 5.75 Å². The molecule has 3 rings (SSSR count). The third-order valence-electron chi connectivity index (χ3n) is 4.17. The Hall–Kier alpha value is -1.84. The van der Waals surface area contributed by atoms with Gasteiger partial charge in [0.15, 0.2) is 5.78 Å². The van der Waals surface area contributed by atoms with Crippen molar-refractivity contribution in [2.24, 2.45) is 0 Å². The smallest absolute Gasteiger partial charge is 0.193 e. The number of nitrogens with zero attached hydrogens (tertiary/aromatic N) is 1. The predicted octanol–water partition coefficient (Wildman–Crippen LogP) is 3.94. The number of rotatable bonds is 5. The monoisotopic (exact) mass is 331 g/mol. The minimum absolute atomic E-state index is 0. The van der Waals surface area contributed by atoms with Gasteiger partial charge >= 0.3 is 0 Å². The molecule has 1 fully saturated rings. The molecule has 3 nitrogen and oxygen atoms in total. The molecule has 0 spiro atoms. The number of methoxy groups -OCH3 is 1. The van der Waals surface area contributed by atoms with E-state index in [0.29, 0.717) is 0 Å². The third kappa shape index (κ3) is 4.12. The van der Waals surface area contributed by atoms with Crippen LogP contribution in [0.25, 0.3) is 0 Å². The minimum atomic E-state index is 0. The fourth-order valence-electron chi connectivity index (χ4n) is 2.98. The van der Waals surface area contributed by atoms with E-state index in [9.17, 15) is 4.79 Å². The fraction of sp³-hybridized carbons (Fsp3) is 0.316. The van der Waals surface area contributed by atoms with Gasteiger partial charge in [-0.1, -0.05) is 30.3 Å². The molecule has 122 valence electrons. The van der Waals surface area contributed by atoms with E-state index in [1.807, 2.05) is 48.5 Å². The van der Waals surface area contributed by atoms with Crippen molar-refractivity contribution in [2.45, 2.75) is 19.4 Å². The van der Waals surface area contributed by atoms with E-state index in [1.165, 1.54) is 12.8 Å². The number of likely N-dealkylation sites (tertiary alicyclic amines) is 1. The number of hydrogen-bond donors (Lipinski definition) is 0. The maximum absolute atomic E-state index is 12.6. The van der Waals surface area contributed by atoms with Crippen LogP contribution in [0, 0.1) is 0 Å². The Kier molecular flexibility index (Phi) is 6.20. The standard InChI is InChI=1S/C19H21NO2.ClH/c1-22-18-10-9-16(19(21)15-7-3-2-4-8-15)13-17(18)14-20-11-5-6-12-20;/h2-4,7-10,13H,5-6,11-12,14H2,1H3;1H. The zero-order valence-corrected chi connectivity index (χ0v) is 14.1. The summed E-state index contributed by atoms with van der Waals surface area (Å²) in [6.07, 6.45) is 2.51. The molecular formula is C19H22ClNO2. The Morgan fingerprint density at radius 2 is 1.74 bits per heavy atom. The molecule has 4 heteroatoms. The van der Waals surface area contributed by atoms with Crippen molar-refractivity contribution in [2.75, 3.05) is 20.2 Å². The molecule has 2 aromatic carbocycles. The molecule has 0 unspecified atom stereocenters. The second-order valence-electron chi connectivity index (χ2n) is 5.71. The number of carbonyl (C=O) groups excluding carboxylic acids is 1. The highest BCUT2D eigenvalue weighted by molar-refractivity contribution is 6.09. The van der Waals surface area contributed by atoms with E-state index in [1.54, 1.807) is 7.11 Å².